The van der Waals surface area contributed by atoms with Crippen molar-refractivity contribution in [3.63, 3.8) is 0 Å². The fourth-order valence-electron chi connectivity index (χ4n) is 2.81. The van der Waals surface area contributed by atoms with E-state index in [1.54, 1.807) is 7.11 Å². The average Bonchev–Trinajstić information content (AvgIpc) is 3.18. The minimum atomic E-state index is 0.112. The van der Waals surface area contributed by atoms with E-state index >= 15 is 0 Å². The molecule has 7 heteroatoms. The summed E-state index contributed by atoms with van der Waals surface area (Å²) in [5, 5.41) is 8.23. The largest absolute Gasteiger partial charge is 0.380 e. The van der Waals surface area contributed by atoms with Crippen LogP contribution in [0.15, 0.2) is 16.9 Å². The zero-order valence-corrected chi connectivity index (χ0v) is 12.7. The van der Waals surface area contributed by atoms with Gasteiger partial charge in [0.15, 0.2) is 5.82 Å². The van der Waals surface area contributed by atoms with Gasteiger partial charge in [-0.1, -0.05) is 5.16 Å². The maximum absolute atomic E-state index is 5.51. The lowest BCUT2D eigenvalue weighted by Crippen LogP contribution is -2.24. The van der Waals surface area contributed by atoms with E-state index in [4.69, 9.17) is 9.26 Å². The molecule has 114 valence electrons. The molecule has 1 aliphatic heterocycles. The molecule has 0 bridgehead atoms. The van der Waals surface area contributed by atoms with Crippen LogP contribution in [0.25, 0.3) is 0 Å². The highest BCUT2D eigenvalue weighted by molar-refractivity contribution is 5.07. The Morgan fingerprint density at radius 2 is 2.33 bits per heavy atom. The van der Waals surface area contributed by atoms with E-state index in [-0.39, 0.29) is 12.1 Å². The van der Waals surface area contributed by atoms with Gasteiger partial charge >= 0.3 is 0 Å². The second kappa shape index (κ2) is 5.95. The zero-order valence-electron chi connectivity index (χ0n) is 12.7. The van der Waals surface area contributed by atoms with Crippen molar-refractivity contribution in [2.75, 3.05) is 13.7 Å². The smallest absolute Gasteiger partial charge is 0.244 e. The van der Waals surface area contributed by atoms with Crippen LogP contribution in [-0.2, 0) is 17.8 Å². The molecule has 0 saturated carbocycles. The van der Waals surface area contributed by atoms with Gasteiger partial charge < -0.3 is 9.26 Å². The van der Waals surface area contributed by atoms with Crippen LogP contribution in [0.2, 0.25) is 0 Å². The zero-order chi connectivity index (χ0) is 14.8. The van der Waals surface area contributed by atoms with E-state index < -0.39 is 0 Å². The first-order valence-corrected chi connectivity index (χ1v) is 7.28. The van der Waals surface area contributed by atoms with Crippen LogP contribution in [0.5, 0.6) is 0 Å². The van der Waals surface area contributed by atoms with Gasteiger partial charge in [-0.3, -0.25) is 9.58 Å². The summed E-state index contributed by atoms with van der Waals surface area (Å²) in [6, 6.07) is 0.112. The molecule has 0 aromatic carbocycles. The Hall–Kier alpha value is -1.73. The standard InChI is InChI=1S/C14H21N5O2/c1-4-19-8-11(6-15-19)7-18-9-12(20-3)5-13(18)14-16-10(2)17-21-14/h6,8,12-13H,4-5,7,9H2,1-3H3/t12-,13-/m1/s1. The third-order valence-corrected chi connectivity index (χ3v) is 3.92. The first-order chi connectivity index (χ1) is 10.2. The topological polar surface area (TPSA) is 69.2 Å². The lowest BCUT2D eigenvalue weighted by Gasteiger charge is -2.20. The number of aryl methyl sites for hydroxylation is 2. The molecule has 2 aromatic heterocycles. The third-order valence-electron chi connectivity index (χ3n) is 3.92. The molecule has 21 heavy (non-hydrogen) atoms. The normalized spacial score (nSPS) is 23.0. The maximum Gasteiger partial charge on any atom is 0.244 e. The Balaban J connectivity index is 1.77. The highest BCUT2D eigenvalue weighted by atomic mass is 16.5. The van der Waals surface area contributed by atoms with Crippen molar-refractivity contribution in [1.29, 1.82) is 0 Å². The van der Waals surface area contributed by atoms with E-state index in [0.29, 0.717) is 11.7 Å². The maximum atomic E-state index is 5.51. The first-order valence-electron chi connectivity index (χ1n) is 7.28. The van der Waals surface area contributed by atoms with Crippen molar-refractivity contribution in [1.82, 2.24) is 24.8 Å². The number of nitrogens with zero attached hydrogens (tertiary/aromatic N) is 5. The van der Waals surface area contributed by atoms with E-state index in [0.717, 1.165) is 26.1 Å². The Labute approximate surface area is 123 Å². The fourth-order valence-corrected chi connectivity index (χ4v) is 2.81. The SMILES string of the molecule is CCn1cc(CN2C[C@H](OC)C[C@@H]2c2nc(C)no2)cn1. The number of ether oxygens (including phenoxy) is 1. The van der Waals surface area contributed by atoms with E-state index in [1.165, 1.54) is 5.56 Å². The van der Waals surface area contributed by atoms with E-state index in [2.05, 4.69) is 33.3 Å². The summed E-state index contributed by atoms with van der Waals surface area (Å²) in [5.74, 6) is 1.35. The van der Waals surface area contributed by atoms with Gasteiger partial charge in [0.05, 0.1) is 18.3 Å². The van der Waals surface area contributed by atoms with Crippen LogP contribution < -0.4 is 0 Å². The van der Waals surface area contributed by atoms with Gasteiger partial charge in [-0.05, 0) is 20.3 Å². The van der Waals surface area contributed by atoms with Crippen LogP contribution in [0.3, 0.4) is 0 Å². The molecule has 0 unspecified atom stereocenters. The monoisotopic (exact) mass is 291 g/mol. The van der Waals surface area contributed by atoms with Crippen LogP contribution in [0, 0.1) is 6.92 Å². The number of rotatable bonds is 5. The fraction of sp³-hybridized carbons (Fsp3) is 0.643. The van der Waals surface area contributed by atoms with Gasteiger partial charge in [0, 0.05) is 38.5 Å². The summed E-state index contributed by atoms with van der Waals surface area (Å²) in [6.07, 6.45) is 5.07. The Bertz CT molecular complexity index is 594. The second-order valence-electron chi connectivity index (χ2n) is 5.42. The molecule has 0 aliphatic carbocycles. The van der Waals surface area contributed by atoms with Gasteiger partial charge in [0.25, 0.3) is 0 Å². The van der Waals surface area contributed by atoms with Gasteiger partial charge in [0.2, 0.25) is 5.89 Å². The van der Waals surface area contributed by atoms with E-state index in [9.17, 15) is 0 Å². The molecule has 2 aromatic rings. The lowest BCUT2D eigenvalue weighted by atomic mass is 10.2. The van der Waals surface area contributed by atoms with Crippen molar-refractivity contribution < 1.29 is 9.26 Å². The molecule has 1 aliphatic rings. The Kier molecular flexibility index (Phi) is 4.03. The Morgan fingerprint density at radius 1 is 1.48 bits per heavy atom. The summed E-state index contributed by atoms with van der Waals surface area (Å²) in [6.45, 7) is 6.47. The summed E-state index contributed by atoms with van der Waals surface area (Å²) in [4.78, 5) is 6.70. The molecule has 3 heterocycles. The average molecular weight is 291 g/mol. The van der Waals surface area contributed by atoms with Gasteiger partial charge in [-0.25, -0.2) is 0 Å². The molecule has 0 spiro atoms. The minimum Gasteiger partial charge on any atom is -0.380 e. The molecule has 1 fully saturated rings. The molecular formula is C14H21N5O2. The number of methoxy groups -OCH3 is 1. The quantitative estimate of drug-likeness (QED) is 0.832. The first kappa shape index (κ1) is 14.2. The molecular weight excluding hydrogens is 270 g/mol. The van der Waals surface area contributed by atoms with Crippen LogP contribution in [0.1, 0.15) is 36.7 Å². The third kappa shape index (κ3) is 2.98. The van der Waals surface area contributed by atoms with E-state index in [1.807, 2.05) is 17.8 Å². The molecule has 0 amide bonds. The van der Waals surface area contributed by atoms with Crippen LogP contribution in [0.4, 0.5) is 0 Å². The molecule has 0 N–H and O–H groups in total. The second-order valence-corrected chi connectivity index (χ2v) is 5.42. The highest BCUT2D eigenvalue weighted by Gasteiger charge is 2.36. The summed E-state index contributed by atoms with van der Waals surface area (Å²) < 4.78 is 12.8. The lowest BCUT2D eigenvalue weighted by molar-refractivity contribution is 0.107. The van der Waals surface area contributed by atoms with Crippen molar-refractivity contribution in [3.8, 4) is 0 Å². The molecule has 0 radical (unpaired) electrons. The summed E-state index contributed by atoms with van der Waals surface area (Å²) in [7, 11) is 1.75. The van der Waals surface area contributed by atoms with Crippen molar-refractivity contribution in [3.05, 3.63) is 29.7 Å². The van der Waals surface area contributed by atoms with Crippen LogP contribution >= 0.6 is 0 Å². The summed E-state index contributed by atoms with van der Waals surface area (Å²) >= 11 is 0. The molecule has 7 nitrogen and oxygen atoms in total. The predicted octanol–water partition coefficient (Wildman–Crippen LogP) is 1.56. The van der Waals surface area contributed by atoms with Crippen molar-refractivity contribution >= 4 is 0 Å². The summed E-state index contributed by atoms with van der Waals surface area (Å²) in [5.41, 5.74) is 1.19. The minimum absolute atomic E-state index is 0.112. The Morgan fingerprint density at radius 3 is 2.95 bits per heavy atom. The number of aromatic nitrogens is 4. The molecule has 1 saturated heterocycles. The van der Waals surface area contributed by atoms with Gasteiger partial charge in [0.1, 0.15) is 0 Å². The van der Waals surface area contributed by atoms with Gasteiger partial charge in [-0.15, -0.1) is 0 Å². The molecule has 3 rings (SSSR count). The number of likely N-dealkylation sites (tertiary alicyclic amines) is 1. The highest BCUT2D eigenvalue weighted by Crippen LogP contribution is 2.33. The number of hydrogen-bond acceptors (Lipinski definition) is 6. The van der Waals surface area contributed by atoms with Gasteiger partial charge in [-0.2, -0.15) is 10.1 Å². The van der Waals surface area contributed by atoms with Crippen molar-refractivity contribution in [2.24, 2.45) is 0 Å². The predicted molar refractivity (Wildman–Crippen MR) is 75.5 cm³/mol. The van der Waals surface area contributed by atoms with Crippen LogP contribution in [-0.4, -0.2) is 44.6 Å². The number of hydrogen-bond donors (Lipinski definition) is 0. The molecule has 2 atom stereocenters. The van der Waals surface area contributed by atoms with Crippen molar-refractivity contribution in [2.45, 2.75) is 45.5 Å².